The number of nitrogens with one attached hydrogen (secondary N) is 2. The van der Waals surface area contributed by atoms with Crippen LogP contribution in [0.2, 0.25) is 0 Å². The van der Waals surface area contributed by atoms with Crippen molar-refractivity contribution in [1.29, 1.82) is 0 Å². The van der Waals surface area contributed by atoms with Gasteiger partial charge in [0.15, 0.2) is 0 Å². The van der Waals surface area contributed by atoms with Crippen molar-refractivity contribution in [2.24, 2.45) is 17.3 Å². The summed E-state index contributed by atoms with van der Waals surface area (Å²) in [6.45, 7) is 13.4. The second kappa shape index (κ2) is 14.9. The molecule has 1 saturated carbocycles. The van der Waals surface area contributed by atoms with Crippen LogP contribution in [0.15, 0.2) is 55.6 Å². The summed E-state index contributed by atoms with van der Waals surface area (Å²) in [5, 5.41) is 15.8. The van der Waals surface area contributed by atoms with E-state index in [0.717, 1.165) is 31.2 Å². The van der Waals surface area contributed by atoms with Crippen LogP contribution in [0.4, 0.5) is 0 Å². The number of carbonyl (C=O) groups excluding carboxylic acids is 3. The highest BCUT2D eigenvalue weighted by molar-refractivity contribution is 5.86. The summed E-state index contributed by atoms with van der Waals surface area (Å²) in [6, 6.07) is 9.32. The topological polar surface area (TPSA) is 105 Å². The van der Waals surface area contributed by atoms with Crippen LogP contribution in [-0.4, -0.2) is 47.7 Å². The molecule has 0 aliphatic heterocycles. The lowest BCUT2D eigenvalue weighted by Gasteiger charge is -2.33. The Bertz CT molecular complexity index is 931. The Morgan fingerprint density at radius 1 is 1.05 bits per heavy atom. The van der Waals surface area contributed by atoms with E-state index in [1.165, 1.54) is 0 Å². The van der Waals surface area contributed by atoms with Crippen LogP contribution in [0, 0.1) is 17.3 Å². The van der Waals surface area contributed by atoms with Crippen molar-refractivity contribution in [2.45, 2.75) is 83.7 Å². The molecule has 1 fully saturated rings. The van der Waals surface area contributed by atoms with Gasteiger partial charge >= 0.3 is 5.97 Å². The minimum Gasteiger partial charge on any atom is -0.463 e. The number of aliphatic hydroxyl groups excluding tert-OH is 1. The molecule has 0 unspecified atom stereocenters. The molecule has 1 aliphatic carbocycles. The number of hydrogen-bond acceptors (Lipinski definition) is 5. The fourth-order valence-corrected chi connectivity index (χ4v) is 4.87. The summed E-state index contributed by atoms with van der Waals surface area (Å²) >= 11 is 0. The van der Waals surface area contributed by atoms with E-state index >= 15 is 0 Å². The van der Waals surface area contributed by atoms with Gasteiger partial charge in [0, 0.05) is 6.42 Å². The summed E-state index contributed by atoms with van der Waals surface area (Å²) in [5.41, 5.74) is 0.0636. The molecule has 0 heterocycles. The quantitative estimate of drug-likeness (QED) is 0.231. The van der Waals surface area contributed by atoms with Crippen molar-refractivity contribution < 1.29 is 24.2 Å². The van der Waals surface area contributed by atoms with Crippen molar-refractivity contribution >= 4 is 17.8 Å². The minimum atomic E-state index is -0.614. The van der Waals surface area contributed by atoms with Crippen LogP contribution in [0.3, 0.4) is 0 Å². The SMILES string of the molecule is C=CC[C@H](CC(=O)NC1(CO)CCCC1)C(=O)N[C@H](COC(=O)[C@@H](CC=C)Cc1ccccc1)C(C)(C)C. The van der Waals surface area contributed by atoms with E-state index in [2.05, 4.69) is 23.8 Å². The van der Waals surface area contributed by atoms with Gasteiger partial charge < -0.3 is 20.5 Å². The molecule has 2 rings (SSSR count). The Labute approximate surface area is 228 Å². The first kappa shape index (κ1) is 31.3. The highest BCUT2D eigenvalue weighted by Gasteiger charge is 2.36. The molecule has 1 aliphatic rings. The molecule has 0 aromatic heterocycles. The molecular weight excluding hydrogens is 480 g/mol. The molecule has 7 nitrogen and oxygen atoms in total. The normalized spacial score (nSPS) is 17.1. The molecule has 7 heteroatoms. The van der Waals surface area contributed by atoms with E-state index < -0.39 is 22.9 Å². The van der Waals surface area contributed by atoms with Crippen LogP contribution < -0.4 is 10.6 Å². The van der Waals surface area contributed by atoms with E-state index in [9.17, 15) is 19.5 Å². The van der Waals surface area contributed by atoms with Gasteiger partial charge in [0.25, 0.3) is 0 Å². The number of carbonyl (C=O) groups is 3. The van der Waals surface area contributed by atoms with Crippen LogP contribution >= 0.6 is 0 Å². The van der Waals surface area contributed by atoms with Gasteiger partial charge in [-0.1, -0.05) is 76.1 Å². The van der Waals surface area contributed by atoms with Gasteiger partial charge in [-0.3, -0.25) is 14.4 Å². The Kier molecular flexibility index (Phi) is 12.2. The van der Waals surface area contributed by atoms with Crippen molar-refractivity contribution in [2.75, 3.05) is 13.2 Å². The summed E-state index contributed by atoms with van der Waals surface area (Å²) in [6.07, 6.45) is 8.11. The summed E-state index contributed by atoms with van der Waals surface area (Å²) in [5.74, 6) is -1.85. The maximum Gasteiger partial charge on any atom is 0.309 e. The lowest BCUT2D eigenvalue weighted by Crippen LogP contribution is -2.52. The molecule has 210 valence electrons. The number of allylic oxidation sites excluding steroid dienone is 2. The van der Waals surface area contributed by atoms with Gasteiger partial charge in [0.2, 0.25) is 11.8 Å². The highest BCUT2D eigenvalue weighted by atomic mass is 16.5. The molecule has 0 bridgehead atoms. The van der Waals surface area contributed by atoms with Crippen molar-refractivity contribution in [1.82, 2.24) is 10.6 Å². The number of amides is 2. The van der Waals surface area contributed by atoms with Crippen molar-refractivity contribution in [3.63, 3.8) is 0 Å². The van der Waals surface area contributed by atoms with Crippen molar-refractivity contribution in [3.8, 4) is 0 Å². The van der Waals surface area contributed by atoms with Gasteiger partial charge in [-0.05, 0) is 43.1 Å². The molecule has 0 radical (unpaired) electrons. The number of hydrogen-bond donors (Lipinski definition) is 3. The predicted molar refractivity (Wildman–Crippen MR) is 150 cm³/mol. The lowest BCUT2D eigenvalue weighted by molar-refractivity contribution is -0.150. The second-order valence-corrected chi connectivity index (χ2v) is 11.6. The molecule has 3 atom stereocenters. The van der Waals surface area contributed by atoms with E-state index in [-0.39, 0.29) is 43.3 Å². The zero-order valence-electron chi connectivity index (χ0n) is 23.3. The van der Waals surface area contributed by atoms with Gasteiger partial charge in [-0.2, -0.15) is 0 Å². The van der Waals surface area contributed by atoms with Gasteiger partial charge in [0.05, 0.1) is 30.0 Å². The average Bonchev–Trinajstić information content (AvgIpc) is 3.34. The van der Waals surface area contributed by atoms with E-state index in [1.54, 1.807) is 12.2 Å². The zero-order valence-corrected chi connectivity index (χ0v) is 23.3. The van der Waals surface area contributed by atoms with Crippen LogP contribution in [-0.2, 0) is 25.5 Å². The number of ether oxygens (including phenoxy) is 1. The Morgan fingerprint density at radius 2 is 1.66 bits per heavy atom. The molecule has 1 aromatic rings. The van der Waals surface area contributed by atoms with Crippen molar-refractivity contribution in [3.05, 3.63) is 61.2 Å². The van der Waals surface area contributed by atoms with Gasteiger partial charge in [0.1, 0.15) is 6.61 Å². The smallest absolute Gasteiger partial charge is 0.309 e. The van der Waals surface area contributed by atoms with E-state index in [4.69, 9.17) is 4.74 Å². The number of aliphatic hydroxyl groups is 1. The summed E-state index contributed by atoms with van der Waals surface area (Å²) < 4.78 is 5.73. The third-order valence-electron chi connectivity index (χ3n) is 7.39. The van der Waals surface area contributed by atoms with Gasteiger partial charge in [-0.25, -0.2) is 0 Å². The molecular formula is C31H46N2O5. The first-order valence-corrected chi connectivity index (χ1v) is 13.7. The number of benzene rings is 1. The zero-order chi connectivity index (χ0) is 28.2. The minimum absolute atomic E-state index is 0.00522. The molecule has 2 amide bonds. The standard InChI is InChI=1S/C31H46N2O5/c1-6-13-24(20-27(35)33-31(22-34)17-11-12-18-31)28(36)32-26(30(3,4)5)21-38-29(37)25(14-7-2)19-23-15-9-8-10-16-23/h6-10,15-16,24-26,34H,1-2,11-14,17-22H2,3-5H3,(H,32,36)(H,33,35)/t24-,25+,26-/m1/s1. The maximum absolute atomic E-state index is 13.3. The highest BCUT2D eigenvalue weighted by Crippen LogP contribution is 2.29. The maximum atomic E-state index is 13.3. The fourth-order valence-electron chi connectivity index (χ4n) is 4.87. The predicted octanol–water partition coefficient (Wildman–Crippen LogP) is 4.50. The fraction of sp³-hybridized carbons (Fsp3) is 0.581. The summed E-state index contributed by atoms with van der Waals surface area (Å²) in [7, 11) is 0. The molecule has 1 aromatic carbocycles. The van der Waals surface area contributed by atoms with E-state index in [0.29, 0.717) is 19.3 Å². The van der Waals surface area contributed by atoms with Gasteiger partial charge in [-0.15, -0.1) is 13.2 Å². The largest absolute Gasteiger partial charge is 0.463 e. The molecule has 0 saturated heterocycles. The molecule has 0 spiro atoms. The molecule has 3 N–H and O–H groups in total. The molecule has 38 heavy (non-hydrogen) atoms. The monoisotopic (exact) mass is 526 g/mol. The van der Waals surface area contributed by atoms with E-state index in [1.807, 2.05) is 51.1 Å². The Hall–Kier alpha value is -2.93. The first-order chi connectivity index (χ1) is 18.0. The first-order valence-electron chi connectivity index (χ1n) is 13.7. The number of rotatable bonds is 15. The van der Waals surface area contributed by atoms with Crippen LogP contribution in [0.1, 0.15) is 71.3 Å². The Balaban J connectivity index is 2.02. The third-order valence-corrected chi connectivity index (χ3v) is 7.39. The average molecular weight is 527 g/mol. The summed E-state index contributed by atoms with van der Waals surface area (Å²) in [4.78, 5) is 39.1. The lowest BCUT2D eigenvalue weighted by atomic mass is 9.86. The second-order valence-electron chi connectivity index (χ2n) is 11.6. The van der Waals surface area contributed by atoms with Crippen LogP contribution in [0.5, 0.6) is 0 Å². The number of esters is 1. The third kappa shape index (κ3) is 9.75. The van der Waals surface area contributed by atoms with Crippen LogP contribution in [0.25, 0.3) is 0 Å². The Morgan fingerprint density at radius 3 is 2.21 bits per heavy atom.